The standard InChI is InChI=1S/C19H29N5O/c1-11-3-6-14(9-12(11)2)22-17-15(16(20)25)10-21-18(23-17)24-19(7-8-19)13-4-5-13/h10-14H,3-9H2,1-2H3,(H2,20,25)(H2,21,22,23,24)/t11-,12-,14-/m1/s1. The second-order valence-electron chi connectivity index (χ2n) is 8.48. The van der Waals surface area contributed by atoms with E-state index in [4.69, 9.17) is 5.73 Å². The molecule has 1 aromatic heterocycles. The molecule has 1 amide bonds. The first-order valence-corrected chi connectivity index (χ1v) is 9.68. The van der Waals surface area contributed by atoms with E-state index in [-0.39, 0.29) is 5.54 Å². The van der Waals surface area contributed by atoms with Crippen molar-refractivity contribution in [2.45, 2.75) is 70.4 Å². The molecule has 6 heteroatoms. The highest BCUT2D eigenvalue weighted by molar-refractivity contribution is 5.97. The Labute approximate surface area is 149 Å². The van der Waals surface area contributed by atoms with E-state index in [1.807, 2.05) is 0 Å². The van der Waals surface area contributed by atoms with Crippen LogP contribution in [-0.2, 0) is 0 Å². The summed E-state index contributed by atoms with van der Waals surface area (Å²) in [6, 6.07) is 0.338. The van der Waals surface area contributed by atoms with Gasteiger partial charge in [-0.05, 0) is 62.7 Å². The predicted octanol–water partition coefficient (Wildman–Crippen LogP) is 3.17. The third kappa shape index (κ3) is 3.44. The molecule has 0 aromatic carbocycles. The minimum absolute atomic E-state index is 0.209. The number of primary amides is 1. The van der Waals surface area contributed by atoms with Crippen LogP contribution in [0, 0.1) is 17.8 Å². The van der Waals surface area contributed by atoms with Crippen LogP contribution in [0.3, 0.4) is 0 Å². The van der Waals surface area contributed by atoms with Crippen LogP contribution >= 0.6 is 0 Å². The summed E-state index contributed by atoms with van der Waals surface area (Å²) in [7, 11) is 0. The van der Waals surface area contributed by atoms with Crippen LogP contribution in [-0.4, -0.2) is 27.5 Å². The number of nitrogens with zero attached hydrogens (tertiary/aromatic N) is 2. The van der Waals surface area contributed by atoms with Gasteiger partial charge in [-0.2, -0.15) is 4.98 Å². The van der Waals surface area contributed by atoms with E-state index in [2.05, 4.69) is 34.4 Å². The highest BCUT2D eigenvalue weighted by atomic mass is 16.1. The van der Waals surface area contributed by atoms with E-state index in [1.54, 1.807) is 6.20 Å². The summed E-state index contributed by atoms with van der Waals surface area (Å²) >= 11 is 0. The molecule has 3 saturated carbocycles. The fraction of sp³-hybridized carbons (Fsp3) is 0.737. The summed E-state index contributed by atoms with van der Waals surface area (Å²) in [5, 5.41) is 7.02. The lowest BCUT2D eigenvalue weighted by Gasteiger charge is -2.33. The molecule has 3 aliphatic carbocycles. The zero-order valence-corrected chi connectivity index (χ0v) is 15.2. The zero-order chi connectivity index (χ0) is 17.6. The van der Waals surface area contributed by atoms with Crippen LogP contribution in [0.5, 0.6) is 0 Å². The number of amides is 1. The van der Waals surface area contributed by atoms with Crippen molar-refractivity contribution in [1.29, 1.82) is 0 Å². The monoisotopic (exact) mass is 343 g/mol. The second-order valence-corrected chi connectivity index (χ2v) is 8.48. The van der Waals surface area contributed by atoms with Gasteiger partial charge in [0.2, 0.25) is 5.95 Å². The Kier molecular flexibility index (Phi) is 4.08. The molecule has 25 heavy (non-hydrogen) atoms. The summed E-state index contributed by atoms with van der Waals surface area (Å²) in [4.78, 5) is 20.8. The lowest BCUT2D eigenvalue weighted by Crippen LogP contribution is -2.32. The fourth-order valence-corrected chi connectivity index (χ4v) is 4.23. The van der Waals surface area contributed by atoms with Gasteiger partial charge in [0.05, 0.1) is 5.56 Å². The Morgan fingerprint density at radius 3 is 2.56 bits per heavy atom. The van der Waals surface area contributed by atoms with E-state index >= 15 is 0 Å². The van der Waals surface area contributed by atoms with Gasteiger partial charge in [0.15, 0.2) is 0 Å². The Bertz CT molecular complexity index is 668. The average Bonchev–Trinajstić information content (AvgIpc) is 3.44. The number of nitrogens with one attached hydrogen (secondary N) is 2. The molecule has 136 valence electrons. The molecular formula is C19H29N5O. The van der Waals surface area contributed by atoms with Crippen molar-refractivity contribution in [2.24, 2.45) is 23.5 Å². The molecule has 4 rings (SSSR count). The smallest absolute Gasteiger partial charge is 0.254 e. The molecule has 0 radical (unpaired) electrons. The van der Waals surface area contributed by atoms with Crippen LogP contribution in [0.1, 0.15) is 69.2 Å². The topological polar surface area (TPSA) is 92.9 Å². The van der Waals surface area contributed by atoms with Gasteiger partial charge in [-0.15, -0.1) is 0 Å². The van der Waals surface area contributed by atoms with Gasteiger partial charge in [-0.1, -0.05) is 13.8 Å². The molecule has 4 N–H and O–H groups in total. The van der Waals surface area contributed by atoms with Gasteiger partial charge < -0.3 is 16.4 Å². The zero-order valence-electron chi connectivity index (χ0n) is 15.2. The van der Waals surface area contributed by atoms with Gasteiger partial charge in [0.1, 0.15) is 5.82 Å². The van der Waals surface area contributed by atoms with E-state index in [0.717, 1.165) is 24.7 Å². The molecule has 3 aliphatic rings. The maximum absolute atomic E-state index is 11.8. The second kappa shape index (κ2) is 6.15. The van der Waals surface area contributed by atoms with Crippen molar-refractivity contribution in [1.82, 2.24) is 9.97 Å². The van der Waals surface area contributed by atoms with Crippen LogP contribution in [0.2, 0.25) is 0 Å². The Morgan fingerprint density at radius 1 is 1.20 bits per heavy atom. The summed E-state index contributed by atoms with van der Waals surface area (Å²) < 4.78 is 0. The Hall–Kier alpha value is -1.85. The molecule has 0 spiro atoms. The van der Waals surface area contributed by atoms with Crippen LogP contribution in [0.4, 0.5) is 11.8 Å². The summed E-state index contributed by atoms with van der Waals surface area (Å²) in [5.41, 5.74) is 6.13. The molecule has 0 unspecified atom stereocenters. The highest BCUT2D eigenvalue weighted by Crippen LogP contribution is 2.55. The number of nitrogens with two attached hydrogens (primary N) is 1. The van der Waals surface area contributed by atoms with Gasteiger partial charge in [-0.25, -0.2) is 4.98 Å². The minimum Gasteiger partial charge on any atom is -0.366 e. The van der Waals surface area contributed by atoms with E-state index in [0.29, 0.717) is 29.3 Å². The molecule has 3 fully saturated rings. The molecule has 1 aromatic rings. The number of anilines is 2. The van der Waals surface area contributed by atoms with Gasteiger partial charge in [0.25, 0.3) is 5.91 Å². The van der Waals surface area contributed by atoms with Crippen molar-refractivity contribution in [3.63, 3.8) is 0 Å². The number of hydrogen-bond donors (Lipinski definition) is 3. The molecule has 6 nitrogen and oxygen atoms in total. The van der Waals surface area contributed by atoms with Crippen molar-refractivity contribution in [3.05, 3.63) is 11.8 Å². The Morgan fingerprint density at radius 2 is 1.96 bits per heavy atom. The number of carbonyl (C=O) groups is 1. The largest absolute Gasteiger partial charge is 0.366 e. The molecule has 3 atom stereocenters. The van der Waals surface area contributed by atoms with Crippen LogP contribution in [0.15, 0.2) is 6.20 Å². The molecule has 0 bridgehead atoms. The first-order valence-electron chi connectivity index (χ1n) is 9.68. The number of hydrogen-bond acceptors (Lipinski definition) is 5. The van der Waals surface area contributed by atoms with Crippen LogP contribution in [0.25, 0.3) is 0 Å². The predicted molar refractivity (Wildman–Crippen MR) is 98.5 cm³/mol. The lowest BCUT2D eigenvalue weighted by atomic mass is 9.79. The number of carbonyl (C=O) groups excluding carboxylic acids is 1. The van der Waals surface area contributed by atoms with Gasteiger partial charge in [0, 0.05) is 17.8 Å². The van der Waals surface area contributed by atoms with E-state index in [9.17, 15) is 4.79 Å². The summed E-state index contributed by atoms with van der Waals surface area (Å²) in [6.45, 7) is 4.61. The average molecular weight is 343 g/mol. The van der Waals surface area contributed by atoms with E-state index in [1.165, 1.54) is 32.1 Å². The first kappa shape index (κ1) is 16.6. The number of rotatable bonds is 6. The Balaban J connectivity index is 1.52. The van der Waals surface area contributed by atoms with E-state index < -0.39 is 5.91 Å². The van der Waals surface area contributed by atoms with Gasteiger partial charge >= 0.3 is 0 Å². The fourth-order valence-electron chi connectivity index (χ4n) is 4.23. The number of aromatic nitrogens is 2. The SMILES string of the molecule is C[C@@H]1CC[C@@H](Nc2nc(NC3(C4CC4)CC3)ncc2C(N)=O)C[C@H]1C. The highest BCUT2D eigenvalue weighted by Gasteiger charge is 2.54. The first-order chi connectivity index (χ1) is 12.0. The van der Waals surface area contributed by atoms with Crippen molar-refractivity contribution in [2.75, 3.05) is 10.6 Å². The third-order valence-electron chi connectivity index (χ3n) is 6.50. The molecular weight excluding hydrogens is 314 g/mol. The molecule has 0 saturated heterocycles. The lowest BCUT2D eigenvalue weighted by molar-refractivity contribution is 0.100. The summed E-state index contributed by atoms with van der Waals surface area (Å²) in [6.07, 6.45) is 9.95. The quantitative estimate of drug-likeness (QED) is 0.738. The minimum atomic E-state index is -0.477. The molecule has 1 heterocycles. The third-order valence-corrected chi connectivity index (χ3v) is 6.50. The van der Waals surface area contributed by atoms with Crippen molar-refractivity contribution >= 4 is 17.7 Å². The molecule has 0 aliphatic heterocycles. The summed E-state index contributed by atoms with van der Waals surface area (Å²) in [5.74, 6) is 2.92. The van der Waals surface area contributed by atoms with Crippen molar-refractivity contribution < 1.29 is 4.79 Å². The maximum Gasteiger partial charge on any atom is 0.254 e. The van der Waals surface area contributed by atoms with Crippen LogP contribution < -0.4 is 16.4 Å². The van der Waals surface area contributed by atoms with Crippen molar-refractivity contribution in [3.8, 4) is 0 Å². The maximum atomic E-state index is 11.8. The normalized spacial score (nSPS) is 30.6. The van der Waals surface area contributed by atoms with Gasteiger partial charge in [-0.3, -0.25) is 4.79 Å².